The van der Waals surface area contributed by atoms with Gasteiger partial charge in [-0.05, 0) is 33.1 Å². The molecule has 21 heavy (non-hydrogen) atoms. The van der Waals surface area contributed by atoms with Crippen LogP contribution in [0.4, 0.5) is 0 Å². The lowest BCUT2D eigenvalue weighted by molar-refractivity contribution is -0.161. The summed E-state index contributed by atoms with van der Waals surface area (Å²) in [6, 6.07) is 0. The van der Waals surface area contributed by atoms with E-state index >= 15 is 0 Å². The van der Waals surface area contributed by atoms with E-state index in [1.807, 2.05) is 18.7 Å². The Morgan fingerprint density at radius 1 is 1.05 bits per heavy atom. The van der Waals surface area contributed by atoms with Crippen LogP contribution in [-0.4, -0.2) is 34.3 Å². The van der Waals surface area contributed by atoms with Gasteiger partial charge in [0.05, 0.1) is 0 Å². The van der Waals surface area contributed by atoms with Gasteiger partial charge in [-0.2, -0.15) is 0 Å². The Morgan fingerprint density at radius 3 is 2.29 bits per heavy atom. The molecule has 0 unspecified atom stereocenters. The maximum absolute atomic E-state index is 12.8. The van der Waals surface area contributed by atoms with Crippen molar-refractivity contribution < 1.29 is 9.59 Å². The zero-order chi connectivity index (χ0) is 15.5. The molecule has 1 aliphatic heterocycles. The Balaban J connectivity index is 2.07. The number of piperazine rings is 1. The molecule has 2 fully saturated rings. The number of hydrogen-bond donors (Lipinski definition) is 1. The van der Waals surface area contributed by atoms with Crippen LogP contribution in [0.15, 0.2) is 0 Å². The van der Waals surface area contributed by atoms with Gasteiger partial charge in [-0.25, -0.2) is 0 Å². The summed E-state index contributed by atoms with van der Waals surface area (Å²) in [6.07, 6.45) is 9.62. The Bertz CT molecular complexity index is 398. The first-order valence-electron chi connectivity index (χ1n) is 8.59. The van der Waals surface area contributed by atoms with Crippen LogP contribution in [-0.2, 0) is 9.59 Å². The molecule has 120 valence electrons. The minimum absolute atomic E-state index is 0.0677. The van der Waals surface area contributed by atoms with Crippen molar-refractivity contribution in [3.8, 4) is 0 Å². The number of carbonyl (C=O) groups is 2. The fourth-order valence-electron chi connectivity index (χ4n) is 3.75. The van der Waals surface area contributed by atoms with Gasteiger partial charge in [0.2, 0.25) is 11.8 Å². The smallest absolute Gasteiger partial charge is 0.248 e. The van der Waals surface area contributed by atoms with E-state index in [-0.39, 0.29) is 11.8 Å². The van der Waals surface area contributed by atoms with E-state index in [4.69, 9.17) is 0 Å². The molecule has 0 atom stereocenters. The van der Waals surface area contributed by atoms with Gasteiger partial charge in [-0.1, -0.05) is 45.4 Å². The quantitative estimate of drug-likeness (QED) is 0.766. The number of carbonyl (C=O) groups excluding carboxylic acids is 2. The predicted molar refractivity (Wildman–Crippen MR) is 83.9 cm³/mol. The van der Waals surface area contributed by atoms with E-state index in [0.717, 1.165) is 45.1 Å². The molecule has 1 saturated carbocycles. The van der Waals surface area contributed by atoms with Crippen LogP contribution in [0.25, 0.3) is 0 Å². The van der Waals surface area contributed by atoms with Crippen LogP contribution in [0, 0.1) is 0 Å². The van der Waals surface area contributed by atoms with Crippen molar-refractivity contribution in [3.63, 3.8) is 0 Å². The lowest BCUT2D eigenvalue weighted by Crippen LogP contribution is -2.73. The van der Waals surface area contributed by atoms with E-state index in [2.05, 4.69) is 12.2 Å². The number of rotatable bonds is 6. The molecule has 1 saturated heterocycles. The van der Waals surface area contributed by atoms with Crippen molar-refractivity contribution in [2.45, 2.75) is 89.6 Å². The summed E-state index contributed by atoms with van der Waals surface area (Å²) in [5, 5.41) is 2.95. The third-order valence-corrected chi connectivity index (χ3v) is 5.06. The predicted octanol–water partition coefficient (Wildman–Crippen LogP) is 3.01. The average molecular weight is 294 g/mol. The van der Waals surface area contributed by atoms with Crippen molar-refractivity contribution in [2.75, 3.05) is 6.54 Å². The van der Waals surface area contributed by atoms with Crippen LogP contribution in [0.1, 0.15) is 78.6 Å². The van der Waals surface area contributed by atoms with Gasteiger partial charge in [-0.15, -0.1) is 0 Å². The first kappa shape index (κ1) is 16.3. The van der Waals surface area contributed by atoms with E-state index in [1.165, 1.54) is 19.3 Å². The van der Waals surface area contributed by atoms with Crippen LogP contribution in [0.3, 0.4) is 0 Å². The molecule has 2 aliphatic rings. The standard InChI is InChI=1S/C17H30N2O2/c1-4-5-6-7-10-13-19-15(21)16(2,3)18-14(20)17(19)11-8-9-12-17/h4-13H2,1-3H3,(H,18,20). The van der Waals surface area contributed by atoms with Crippen molar-refractivity contribution in [1.29, 1.82) is 0 Å². The molecule has 1 aliphatic carbocycles. The minimum Gasteiger partial charge on any atom is -0.340 e. The van der Waals surface area contributed by atoms with Crippen molar-refractivity contribution in [2.24, 2.45) is 0 Å². The van der Waals surface area contributed by atoms with Gasteiger partial charge in [0.25, 0.3) is 0 Å². The van der Waals surface area contributed by atoms with Crippen LogP contribution >= 0.6 is 0 Å². The highest BCUT2D eigenvalue weighted by Gasteiger charge is 2.55. The van der Waals surface area contributed by atoms with E-state index < -0.39 is 11.1 Å². The van der Waals surface area contributed by atoms with Gasteiger partial charge in [-0.3, -0.25) is 9.59 Å². The molecule has 1 N–H and O–H groups in total. The molecule has 4 heteroatoms. The molecule has 1 spiro atoms. The van der Waals surface area contributed by atoms with Gasteiger partial charge in [0.15, 0.2) is 0 Å². The number of hydrogen-bond acceptors (Lipinski definition) is 2. The fraction of sp³-hybridized carbons (Fsp3) is 0.882. The van der Waals surface area contributed by atoms with E-state index in [1.54, 1.807) is 0 Å². The van der Waals surface area contributed by atoms with Gasteiger partial charge in [0, 0.05) is 6.54 Å². The largest absolute Gasteiger partial charge is 0.340 e. The molecule has 0 aromatic rings. The SMILES string of the molecule is CCCCCCCN1C(=O)C(C)(C)NC(=O)C12CCCC2. The zero-order valence-corrected chi connectivity index (χ0v) is 13.8. The normalized spacial score (nSPS) is 23.7. The highest BCUT2D eigenvalue weighted by Crippen LogP contribution is 2.40. The first-order chi connectivity index (χ1) is 9.94. The molecule has 0 radical (unpaired) electrons. The summed E-state index contributed by atoms with van der Waals surface area (Å²) in [7, 11) is 0. The van der Waals surface area contributed by atoms with Crippen LogP contribution < -0.4 is 5.32 Å². The average Bonchev–Trinajstić information content (AvgIpc) is 2.91. The summed E-state index contributed by atoms with van der Waals surface area (Å²) in [5.74, 6) is 0.164. The lowest BCUT2D eigenvalue weighted by atomic mass is 9.85. The van der Waals surface area contributed by atoms with Gasteiger partial charge >= 0.3 is 0 Å². The molecule has 2 rings (SSSR count). The van der Waals surface area contributed by atoms with Crippen LogP contribution in [0.2, 0.25) is 0 Å². The van der Waals surface area contributed by atoms with Crippen molar-refractivity contribution in [3.05, 3.63) is 0 Å². The minimum atomic E-state index is -0.756. The summed E-state index contributed by atoms with van der Waals surface area (Å²) in [6.45, 7) is 6.58. The third-order valence-electron chi connectivity index (χ3n) is 5.06. The molecule has 0 bridgehead atoms. The Morgan fingerprint density at radius 2 is 1.67 bits per heavy atom. The third kappa shape index (κ3) is 3.09. The number of amides is 2. The molecule has 4 nitrogen and oxygen atoms in total. The molecular weight excluding hydrogens is 264 g/mol. The Hall–Kier alpha value is -1.06. The molecular formula is C17H30N2O2. The van der Waals surface area contributed by atoms with E-state index in [9.17, 15) is 9.59 Å². The highest BCUT2D eigenvalue weighted by atomic mass is 16.2. The topological polar surface area (TPSA) is 49.4 Å². The fourth-order valence-corrected chi connectivity index (χ4v) is 3.75. The molecule has 0 aromatic carbocycles. The maximum Gasteiger partial charge on any atom is 0.248 e. The lowest BCUT2D eigenvalue weighted by Gasteiger charge is -2.49. The highest BCUT2D eigenvalue weighted by molar-refractivity contribution is 6.02. The second-order valence-electron chi connectivity index (χ2n) is 7.19. The summed E-state index contributed by atoms with van der Waals surface area (Å²) in [5.41, 5.74) is -1.30. The van der Waals surface area contributed by atoms with Gasteiger partial charge in [0.1, 0.15) is 11.1 Å². The second kappa shape index (κ2) is 6.37. The monoisotopic (exact) mass is 294 g/mol. The molecule has 0 aromatic heterocycles. The maximum atomic E-state index is 12.8. The Kier molecular flexibility index (Phi) is 4.95. The first-order valence-corrected chi connectivity index (χ1v) is 8.59. The molecule has 2 amide bonds. The Labute approximate surface area is 128 Å². The number of nitrogens with zero attached hydrogens (tertiary/aromatic N) is 1. The van der Waals surface area contributed by atoms with E-state index in [0.29, 0.717) is 0 Å². The summed E-state index contributed by atoms with van der Waals surface area (Å²) >= 11 is 0. The van der Waals surface area contributed by atoms with Crippen molar-refractivity contribution >= 4 is 11.8 Å². The van der Waals surface area contributed by atoms with Gasteiger partial charge < -0.3 is 10.2 Å². The number of unbranched alkanes of at least 4 members (excludes halogenated alkanes) is 4. The second-order valence-corrected chi connectivity index (χ2v) is 7.19. The summed E-state index contributed by atoms with van der Waals surface area (Å²) < 4.78 is 0. The van der Waals surface area contributed by atoms with Crippen molar-refractivity contribution in [1.82, 2.24) is 10.2 Å². The molecule has 1 heterocycles. The summed E-state index contributed by atoms with van der Waals surface area (Å²) in [4.78, 5) is 27.3. The van der Waals surface area contributed by atoms with Crippen LogP contribution in [0.5, 0.6) is 0 Å². The zero-order valence-electron chi connectivity index (χ0n) is 13.8. The number of nitrogens with one attached hydrogen (secondary N) is 1.